The number of aryl methyl sites for hydroxylation is 1. The standard InChI is InChI=1S/C15H15N3O3/c1-3-12(15(19)17-14-8-10(2)21-18-14)20-13-7-5-4-6-11(13)9-16/h4-8,12H,3H2,1-2H3,(H,17,18,19). The van der Waals surface area contributed by atoms with E-state index in [0.717, 1.165) is 0 Å². The van der Waals surface area contributed by atoms with Gasteiger partial charge in [-0.2, -0.15) is 5.26 Å². The first-order valence-corrected chi connectivity index (χ1v) is 6.54. The molecule has 1 aromatic heterocycles. The van der Waals surface area contributed by atoms with Gasteiger partial charge in [-0.1, -0.05) is 24.2 Å². The van der Waals surface area contributed by atoms with Gasteiger partial charge in [-0.3, -0.25) is 4.79 Å². The number of nitrogens with zero attached hydrogens (tertiary/aromatic N) is 2. The molecular weight excluding hydrogens is 270 g/mol. The Hall–Kier alpha value is -2.81. The number of carbonyl (C=O) groups is 1. The molecule has 6 nitrogen and oxygen atoms in total. The molecule has 1 heterocycles. The first kappa shape index (κ1) is 14.6. The van der Waals surface area contributed by atoms with E-state index in [4.69, 9.17) is 14.5 Å². The van der Waals surface area contributed by atoms with E-state index in [1.807, 2.05) is 13.0 Å². The molecule has 1 atom stereocenters. The molecule has 1 unspecified atom stereocenters. The molecular formula is C15H15N3O3. The Kier molecular flexibility index (Phi) is 4.57. The van der Waals surface area contributed by atoms with E-state index < -0.39 is 6.10 Å². The van der Waals surface area contributed by atoms with Crippen molar-refractivity contribution in [2.75, 3.05) is 5.32 Å². The highest BCUT2D eigenvalue weighted by atomic mass is 16.5. The molecule has 0 saturated heterocycles. The fraction of sp³-hybridized carbons (Fsp3) is 0.267. The van der Waals surface area contributed by atoms with E-state index in [0.29, 0.717) is 29.3 Å². The van der Waals surface area contributed by atoms with Gasteiger partial charge in [-0.25, -0.2) is 0 Å². The van der Waals surface area contributed by atoms with Gasteiger partial charge in [0, 0.05) is 6.07 Å². The highest BCUT2D eigenvalue weighted by Crippen LogP contribution is 2.19. The number of nitriles is 1. The second-order valence-corrected chi connectivity index (χ2v) is 4.43. The molecule has 0 aliphatic heterocycles. The van der Waals surface area contributed by atoms with Crippen LogP contribution in [-0.4, -0.2) is 17.2 Å². The number of carbonyl (C=O) groups excluding carboxylic acids is 1. The van der Waals surface area contributed by atoms with Gasteiger partial charge in [0.2, 0.25) is 0 Å². The molecule has 0 saturated carbocycles. The van der Waals surface area contributed by atoms with Crippen molar-refractivity contribution in [3.8, 4) is 11.8 Å². The maximum absolute atomic E-state index is 12.2. The van der Waals surface area contributed by atoms with Crippen LogP contribution in [0.5, 0.6) is 5.75 Å². The average molecular weight is 285 g/mol. The first-order valence-electron chi connectivity index (χ1n) is 6.54. The molecule has 1 N–H and O–H groups in total. The zero-order valence-electron chi connectivity index (χ0n) is 11.8. The average Bonchev–Trinajstić information content (AvgIpc) is 2.90. The molecule has 2 rings (SSSR count). The summed E-state index contributed by atoms with van der Waals surface area (Å²) in [6, 6.07) is 10.4. The molecule has 0 aliphatic carbocycles. The Morgan fingerprint density at radius 2 is 2.29 bits per heavy atom. The zero-order chi connectivity index (χ0) is 15.2. The van der Waals surface area contributed by atoms with Gasteiger partial charge in [-0.05, 0) is 25.5 Å². The maximum Gasteiger partial charge on any atom is 0.266 e. The zero-order valence-corrected chi connectivity index (χ0v) is 11.8. The summed E-state index contributed by atoms with van der Waals surface area (Å²) in [6.07, 6.45) is -0.251. The number of ether oxygens (including phenoxy) is 1. The Morgan fingerprint density at radius 1 is 1.52 bits per heavy atom. The fourth-order valence-electron chi connectivity index (χ4n) is 1.77. The lowest BCUT2D eigenvalue weighted by atomic mass is 10.2. The molecule has 6 heteroatoms. The summed E-state index contributed by atoms with van der Waals surface area (Å²) >= 11 is 0. The van der Waals surface area contributed by atoms with Crippen LogP contribution in [0.3, 0.4) is 0 Å². The van der Waals surface area contributed by atoms with E-state index in [1.54, 1.807) is 37.3 Å². The lowest BCUT2D eigenvalue weighted by Gasteiger charge is -2.17. The number of aromatic nitrogens is 1. The molecule has 0 bridgehead atoms. The third-order valence-corrected chi connectivity index (χ3v) is 2.82. The highest BCUT2D eigenvalue weighted by Gasteiger charge is 2.20. The van der Waals surface area contributed by atoms with Crippen LogP contribution in [0.25, 0.3) is 0 Å². The van der Waals surface area contributed by atoms with E-state index in [1.165, 1.54) is 0 Å². The Bertz CT molecular complexity index is 673. The lowest BCUT2D eigenvalue weighted by Crippen LogP contribution is -2.32. The molecule has 1 aromatic carbocycles. The van der Waals surface area contributed by atoms with Crippen LogP contribution in [0.4, 0.5) is 5.82 Å². The van der Waals surface area contributed by atoms with Crippen molar-refractivity contribution < 1.29 is 14.1 Å². The maximum atomic E-state index is 12.2. The number of anilines is 1. The smallest absolute Gasteiger partial charge is 0.266 e. The monoisotopic (exact) mass is 285 g/mol. The molecule has 0 radical (unpaired) electrons. The second-order valence-electron chi connectivity index (χ2n) is 4.43. The quantitative estimate of drug-likeness (QED) is 0.912. The fourth-order valence-corrected chi connectivity index (χ4v) is 1.77. The predicted octanol–water partition coefficient (Wildman–Crippen LogP) is 2.65. The van der Waals surface area contributed by atoms with E-state index in [-0.39, 0.29) is 5.91 Å². The Balaban J connectivity index is 2.09. The summed E-state index contributed by atoms with van der Waals surface area (Å²) in [5, 5.41) is 15.3. The topological polar surface area (TPSA) is 88.1 Å². The summed E-state index contributed by atoms with van der Waals surface area (Å²) in [7, 11) is 0. The number of amides is 1. The van der Waals surface area contributed by atoms with Crippen molar-refractivity contribution in [3.63, 3.8) is 0 Å². The minimum absolute atomic E-state index is 0.335. The molecule has 108 valence electrons. The second kappa shape index (κ2) is 6.57. The number of hydrogen-bond donors (Lipinski definition) is 1. The summed E-state index contributed by atoms with van der Waals surface area (Å²) in [6.45, 7) is 3.56. The van der Waals surface area contributed by atoms with E-state index in [9.17, 15) is 4.79 Å². The van der Waals surface area contributed by atoms with Gasteiger partial charge in [0.05, 0.1) is 5.56 Å². The molecule has 0 fully saturated rings. The number of hydrogen-bond acceptors (Lipinski definition) is 5. The van der Waals surface area contributed by atoms with Crippen molar-refractivity contribution >= 4 is 11.7 Å². The third-order valence-electron chi connectivity index (χ3n) is 2.82. The molecule has 1 amide bonds. The van der Waals surface area contributed by atoms with Gasteiger partial charge in [0.25, 0.3) is 5.91 Å². The Morgan fingerprint density at radius 3 is 2.90 bits per heavy atom. The van der Waals surface area contributed by atoms with Crippen molar-refractivity contribution in [1.82, 2.24) is 5.16 Å². The van der Waals surface area contributed by atoms with Crippen LogP contribution in [0.15, 0.2) is 34.9 Å². The molecule has 21 heavy (non-hydrogen) atoms. The summed E-state index contributed by atoms with van der Waals surface area (Å²) in [5.74, 6) is 0.999. The number of nitrogens with one attached hydrogen (secondary N) is 1. The van der Waals surface area contributed by atoms with Gasteiger partial charge >= 0.3 is 0 Å². The largest absolute Gasteiger partial charge is 0.479 e. The number of benzene rings is 1. The van der Waals surface area contributed by atoms with E-state index >= 15 is 0 Å². The van der Waals surface area contributed by atoms with Crippen LogP contribution >= 0.6 is 0 Å². The SMILES string of the molecule is CCC(Oc1ccccc1C#N)C(=O)Nc1cc(C)on1. The number of para-hydroxylation sites is 1. The van der Waals surface area contributed by atoms with Crippen LogP contribution in [-0.2, 0) is 4.79 Å². The van der Waals surface area contributed by atoms with Gasteiger partial charge in [-0.15, -0.1) is 0 Å². The summed E-state index contributed by atoms with van der Waals surface area (Å²) in [4.78, 5) is 12.2. The molecule has 0 aliphatic rings. The highest BCUT2D eigenvalue weighted by molar-refractivity contribution is 5.93. The van der Waals surface area contributed by atoms with E-state index in [2.05, 4.69) is 10.5 Å². The van der Waals surface area contributed by atoms with Crippen molar-refractivity contribution in [2.45, 2.75) is 26.4 Å². The van der Waals surface area contributed by atoms with Crippen molar-refractivity contribution in [1.29, 1.82) is 5.26 Å². The van der Waals surface area contributed by atoms with Gasteiger partial charge in [0.15, 0.2) is 11.9 Å². The molecule has 0 spiro atoms. The van der Waals surface area contributed by atoms with Crippen molar-refractivity contribution in [3.05, 3.63) is 41.7 Å². The van der Waals surface area contributed by atoms with Crippen LogP contribution in [0, 0.1) is 18.3 Å². The Labute approximate surface area is 122 Å². The van der Waals surface area contributed by atoms with Gasteiger partial charge < -0.3 is 14.6 Å². The van der Waals surface area contributed by atoms with Crippen LogP contribution < -0.4 is 10.1 Å². The lowest BCUT2D eigenvalue weighted by molar-refractivity contribution is -0.122. The summed E-state index contributed by atoms with van der Waals surface area (Å²) in [5.41, 5.74) is 0.390. The van der Waals surface area contributed by atoms with Crippen molar-refractivity contribution in [2.24, 2.45) is 0 Å². The number of rotatable bonds is 5. The third kappa shape index (κ3) is 3.60. The summed E-state index contributed by atoms with van der Waals surface area (Å²) < 4.78 is 10.5. The van der Waals surface area contributed by atoms with Crippen LogP contribution in [0.2, 0.25) is 0 Å². The molecule has 2 aromatic rings. The minimum atomic E-state index is -0.712. The predicted molar refractivity (Wildman–Crippen MR) is 75.7 cm³/mol. The van der Waals surface area contributed by atoms with Gasteiger partial charge in [0.1, 0.15) is 17.6 Å². The minimum Gasteiger partial charge on any atom is -0.479 e. The first-order chi connectivity index (χ1) is 10.1. The van der Waals surface area contributed by atoms with Crippen LogP contribution in [0.1, 0.15) is 24.7 Å². The normalized spacial score (nSPS) is 11.5.